The smallest absolute Gasteiger partial charge is 0.226 e. The third-order valence-corrected chi connectivity index (χ3v) is 4.30. The highest BCUT2D eigenvalue weighted by Crippen LogP contribution is 2.16. The van der Waals surface area contributed by atoms with Crippen molar-refractivity contribution in [2.45, 2.75) is 39.5 Å². The normalized spacial score (nSPS) is 18.5. The minimum atomic E-state index is -0.121. The zero-order valence-corrected chi connectivity index (χ0v) is 13.6. The minimum absolute atomic E-state index is 0.0721. The zero-order chi connectivity index (χ0) is 16.2. The molecule has 2 aromatic rings. The predicted molar refractivity (Wildman–Crippen MR) is 87.3 cm³/mol. The summed E-state index contributed by atoms with van der Waals surface area (Å²) in [7, 11) is 0. The molecule has 1 atom stereocenters. The lowest BCUT2D eigenvalue weighted by Crippen LogP contribution is -2.41. The van der Waals surface area contributed by atoms with Gasteiger partial charge in [0.05, 0.1) is 19.0 Å². The van der Waals surface area contributed by atoms with E-state index in [1.807, 2.05) is 35.0 Å². The highest BCUT2D eigenvalue weighted by Gasteiger charge is 2.29. The first-order valence-electron chi connectivity index (χ1n) is 8.06. The summed E-state index contributed by atoms with van der Waals surface area (Å²) in [4.78, 5) is 19.2. The van der Waals surface area contributed by atoms with Gasteiger partial charge in [-0.05, 0) is 19.4 Å². The first kappa shape index (κ1) is 15.7. The lowest BCUT2D eigenvalue weighted by molar-refractivity contribution is -0.126. The third kappa shape index (κ3) is 3.76. The van der Waals surface area contributed by atoms with Crippen molar-refractivity contribution in [3.8, 4) is 0 Å². The van der Waals surface area contributed by atoms with Crippen molar-refractivity contribution in [2.75, 3.05) is 6.54 Å². The van der Waals surface area contributed by atoms with Gasteiger partial charge in [0.1, 0.15) is 12.2 Å². The van der Waals surface area contributed by atoms with Crippen molar-refractivity contribution in [3.05, 3.63) is 48.0 Å². The van der Waals surface area contributed by atoms with Gasteiger partial charge in [0, 0.05) is 19.1 Å². The van der Waals surface area contributed by atoms with Gasteiger partial charge in [-0.15, -0.1) is 0 Å². The van der Waals surface area contributed by atoms with Gasteiger partial charge in [-0.1, -0.05) is 30.3 Å². The number of nitrogens with one attached hydrogen (secondary N) is 1. The van der Waals surface area contributed by atoms with E-state index < -0.39 is 0 Å². The van der Waals surface area contributed by atoms with Crippen LogP contribution >= 0.6 is 0 Å². The van der Waals surface area contributed by atoms with E-state index >= 15 is 0 Å². The summed E-state index contributed by atoms with van der Waals surface area (Å²) in [6.07, 6.45) is 1.57. The summed E-state index contributed by atoms with van der Waals surface area (Å²) < 4.78 is 1.86. The van der Waals surface area contributed by atoms with E-state index in [0.29, 0.717) is 19.1 Å². The van der Waals surface area contributed by atoms with E-state index in [0.717, 1.165) is 24.5 Å². The molecule has 1 aromatic carbocycles. The Balaban J connectivity index is 1.69. The molecule has 0 saturated heterocycles. The molecule has 0 spiro atoms. The lowest BCUT2D eigenvalue weighted by Gasteiger charge is -2.26. The summed E-state index contributed by atoms with van der Waals surface area (Å²) in [5.41, 5.74) is 1.11. The number of hydrogen-bond donors (Lipinski definition) is 1. The van der Waals surface area contributed by atoms with Gasteiger partial charge in [-0.25, -0.2) is 9.67 Å². The van der Waals surface area contributed by atoms with Crippen LogP contribution in [0.2, 0.25) is 0 Å². The van der Waals surface area contributed by atoms with Crippen molar-refractivity contribution >= 4 is 5.91 Å². The number of carbonyl (C=O) groups is 1. The molecule has 122 valence electrons. The van der Waals surface area contributed by atoms with Gasteiger partial charge >= 0.3 is 0 Å². The Morgan fingerprint density at radius 1 is 1.30 bits per heavy atom. The second-order valence-electron chi connectivity index (χ2n) is 6.28. The standard InChI is InChI=1S/C17H23N5O/c1-13(2)21-9-15(10-22-16(11-21)19-12-20-22)17(23)18-8-14-6-4-3-5-7-14/h3-7,12-13,15H,8-11H2,1-2H3,(H,18,23). The predicted octanol–water partition coefficient (Wildman–Crippen LogP) is 1.43. The molecule has 0 radical (unpaired) electrons. The van der Waals surface area contributed by atoms with E-state index in [-0.39, 0.29) is 11.8 Å². The Hall–Kier alpha value is -2.21. The number of rotatable bonds is 4. The van der Waals surface area contributed by atoms with E-state index in [9.17, 15) is 4.79 Å². The molecule has 0 bridgehead atoms. The van der Waals surface area contributed by atoms with Gasteiger partial charge in [0.2, 0.25) is 5.91 Å². The van der Waals surface area contributed by atoms with Crippen LogP contribution < -0.4 is 5.32 Å². The van der Waals surface area contributed by atoms with E-state index in [1.165, 1.54) is 0 Å². The topological polar surface area (TPSA) is 63.1 Å². The second-order valence-corrected chi connectivity index (χ2v) is 6.28. The number of benzene rings is 1. The van der Waals surface area contributed by atoms with Crippen LogP contribution in [-0.4, -0.2) is 38.2 Å². The average molecular weight is 313 g/mol. The van der Waals surface area contributed by atoms with Gasteiger partial charge in [-0.3, -0.25) is 9.69 Å². The molecule has 1 amide bonds. The quantitative estimate of drug-likeness (QED) is 0.927. The third-order valence-electron chi connectivity index (χ3n) is 4.30. The van der Waals surface area contributed by atoms with Crippen molar-refractivity contribution < 1.29 is 4.79 Å². The fourth-order valence-electron chi connectivity index (χ4n) is 2.85. The van der Waals surface area contributed by atoms with Gasteiger partial charge < -0.3 is 5.32 Å². The highest BCUT2D eigenvalue weighted by atomic mass is 16.1. The van der Waals surface area contributed by atoms with Crippen molar-refractivity contribution in [1.29, 1.82) is 0 Å². The molecule has 1 aliphatic heterocycles. The molecule has 0 saturated carbocycles. The van der Waals surface area contributed by atoms with Crippen LogP contribution in [0.5, 0.6) is 0 Å². The average Bonchev–Trinajstić information content (AvgIpc) is 2.90. The number of carbonyl (C=O) groups excluding carboxylic acids is 1. The molecule has 1 N–H and O–H groups in total. The summed E-state index contributed by atoms with van der Waals surface area (Å²) in [5, 5.41) is 7.31. The molecule has 1 aliphatic rings. The van der Waals surface area contributed by atoms with Crippen LogP contribution in [0.4, 0.5) is 0 Å². The molecule has 1 aromatic heterocycles. The molecule has 2 heterocycles. The summed E-state index contributed by atoms with van der Waals surface area (Å²) >= 11 is 0. The Morgan fingerprint density at radius 2 is 2.09 bits per heavy atom. The summed E-state index contributed by atoms with van der Waals surface area (Å²) in [5.74, 6) is 0.879. The maximum atomic E-state index is 12.6. The molecule has 3 rings (SSSR count). The lowest BCUT2D eigenvalue weighted by atomic mass is 10.1. The number of aromatic nitrogens is 3. The highest BCUT2D eigenvalue weighted by molar-refractivity contribution is 5.78. The van der Waals surface area contributed by atoms with Crippen LogP contribution in [0.3, 0.4) is 0 Å². The Morgan fingerprint density at radius 3 is 2.83 bits per heavy atom. The van der Waals surface area contributed by atoms with Gasteiger partial charge in [0.25, 0.3) is 0 Å². The minimum Gasteiger partial charge on any atom is -0.352 e. The zero-order valence-electron chi connectivity index (χ0n) is 13.6. The second kappa shape index (κ2) is 6.91. The van der Waals surface area contributed by atoms with Crippen molar-refractivity contribution in [2.24, 2.45) is 5.92 Å². The molecular formula is C17H23N5O. The monoisotopic (exact) mass is 313 g/mol. The first-order valence-corrected chi connectivity index (χ1v) is 8.06. The van der Waals surface area contributed by atoms with Crippen LogP contribution in [0, 0.1) is 5.92 Å². The summed E-state index contributed by atoms with van der Waals surface area (Å²) in [6, 6.07) is 10.3. The number of hydrogen-bond acceptors (Lipinski definition) is 4. The first-order chi connectivity index (χ1) is 11.1. The SMILES string of the molecule is CC(C)N1Cc2ncnn2CC(C(=O)NCc2ccccc2)C1. The maximum Gasteiger partial charge on any atom is 0.226 e. The molecule has 0 aliphatic carbocycles. The molecule has 1 unspecified atom stereocenters. The van der Waals surface area contributed by atoms with Crippen LogP contribution in [0.25, 0.3) is 0 Å². The van der Waals surface area contributed by atoms with Crippen LogP contribution in [-0.2, 0) is 24.4 Å². The molecule has 6 nitrogen and oxygen atoms in total. The van der Waals surface area contributed by atoms with Gasteiger partial charge in [-0.2, -0.15) is 5.10 Å². The molecule has 0 fully saturated rings. The van der Waals surface area contributed by atoms with Crippen molar-refractivity contribution in [3.63, 3.8) is 0 Å². The van der Waals surface area contributed by atoms with Crippen molar-refractivity contribution in [1.82, 2.24) is 25.0 Å². The van der Waals surface area contributed by atoms with E-state index in [4.69, 9.17) is 0 Å². The number of amides is 1. The Bertz CT molecular complexity index is 652. The summed E-state index contributed by atoms with van der Waals surface area (Å²) in [6.45, 7) is 6.89. The molecule has 6 heteroatoms. The van der Waals surface area contributed by atoms with E-state index in [2.05, 4.69) is 34.1 Å². The molecular weight excluding hydrogens is 290 g/mol. The van der Waals surface area contributed by atoms with Crippen LogP contribution in [0.15, 0.2) is 36.7 Å². The number of fused-ring (bicyclic) bond motifs is 1. The maximum absolute atomic E-state index is 12.6. The van der Waals surface area contributed by atoms with Gasteiger partial charge in [0.15, 0.2) is 0 Å². The fraction of sp³-hybridized carbons (Fsp3) is 0.471. The molecule has 23 heavy (non-hydrogen) atoms. The van der Waals surface area contributed by atoms with Crippen LogP contribution in [0.1, 0.15) is 25.2 Å². The fourth-order valence-corrected chi connectivity index (χ4v) is 2.85. The largest absolute Gasteiger partial charge is 0.352 e. The Labute approximate surface area is 136 Å². The Kier molecular flexibility index (Phi) is 4.71. The number of nitrogens with zero attached hydrogens (tertiary/aromatic N) is 4. The van der Waals surface area contributed by atoms with E-state index in [1.54, 1.807) is 6.33 Å².